The number of carbonyl (C=O) groups excluding carboxylic acids is 1. The van der Waals surface area contributed by atoms with E-state index in [-0.39, 0.29) is 29.4 Å². The van der Waals surface area contributed by atoms with Gasteiger partial charge < -0.3 is 9.88 Å². The van der Waals surface area contributed by atoms with Crippen molar-refractivity contribution in [3.63, 3.8) is 0 Å². The Morgan fingerprint density at radius 3 is 2.44 bits per heavy atom. The summed E-state index contributed by atoms with van der Waals surface area (Å²) in [6, 6.07) is 19.4. The second-order valence-electron chi connectivity index (χ2n) is 9.93. The highest BCUT2D eigenvalue weighted by atomic mass is 32.2. The Morgan fingerprint density at radius 1 is 1.00 bits per heavy atom. The van der Waals surface area contributed by atoms with Crippen molar-refractivity contribution in [2.45, 2.75) is 45.3 Å². The van der Waals surface area contributed by atoms with Crippen LogP contribution in [-0.4, -0.2) is 54.4 Å². The summed E-state index contributed by atoms with van der Waals surface area (Å²) in [7, 11) is -2.98. The minimum Gasteiger partial charge on any atom is -0.352 e. The monoisotopic (exact) mass is 479 g/mol. The third-order valence-electron chi connectivity index (χ3n) is 7.28. The lowest BCUT2D eigenvalue weighted by Crippen LogP contribution is -2.44. The van der Waals surface area contributed by atoms with Gasteiger partial charge in [0.1, 0.15) is 0 Å². The molecule has 1 atom stereocenters. The minimum atomic E-state index is -2.98. The van der Waals surface area contributed by atoms with Crippen LogP contribution in [0.5, 0.6) is 0 Å². The molecule has 7 heteroatoms. The zero-order valence-corrected chi connectivity index (χ0v) is 20.6. The summed E-state index contributed by atoms with van der Waals surface area (Å²) in [6.45, 7) is 5.54. The molecular weight excluding hydrogens is 446 g/mol. The predicted molar refractivity (Wildman–Crippen MR) is 135 cm³/mol. The van der Waals surface area contributed by atoms with E-state index >= 15 is 0 Å². The summed E-state index contributed by atoms with van der Waals surface area (Å²) in [6.07, 6.45) is 2.16. The van der Waals surface area contributed by atoms with Crippen LogP contribution in [-0.2, 0) is 27.7 Å². The highest BCUT2D eigenvalue weighted by molar-refractivity contribution is 7.91. The summed E-state index contributed by atoms with van der Waals surface area (Å²) in [5.41, 5.74) is 5.10. The van der Waals surface area contributed by atoms with Crippen LogP contribution in [0, 0.1) is 12.8 Å². The van der Waals surface area contributed by atoms with Crippen molar-refractivity contribution in [3.05, 3.63) is 71.4 Å². The van der Waals surface area contributed by atoms with Crippen LogP contribution in [0.2, 0.25) is 0 Å². The molecule has 2 aliphatic heterocycles. The molecule has 6 nitrogen and oxygen atoms in total. The molecular formula is C27H33N3O3S. The van der Waals surface area contributed by atoms with Crippen LogP contribution in [0.4, 0.5) is 0 Å². The van der Waals surface area contributed by atoms with Crippen molar-refractivity contribution in [2.75, 3.05) is 24.6 Å². The zero-order chi connectivity index (χ0) is 23.7. The van der Waals surface area contributed by atoms with Gasteiger partial charge in [0.25, 0.3) is 0 Å². The summed E-state index contributed by atoms with van der Waals surface area (Å²) in [4.78, 5) is 15.1. The van der Waals surface area contributed by atoms with Gasteiger partial charge in [-0.25, -0.2) is 8.42 Å². The Labute approximate surface area is 201 Å². The van der Waals surface area contributed by atoms with Gasteiger partial charge in [0.05, 0.1) is 11.5 Å². The van der Waals surface area contributed by atoms with Crippen LogP contribution in [0.1, 0.15) is 36.1 Å². The maximum atomic E-state index is 12.7. The SMILES string of the molecule is Cc1ccc(Cn2c(CN3CCC(C(=O)N[C@H]4CCS(=O)(=O)C4)CC3)cc3ccccc32)cc1. The van der Waals surface area contributed by atoms with Crippen molar-refractivity contribution in [1.29, 1.82) is 0 Å². The van der Waals surface area contributed by atoms with Crippen LogP contribution >= 0.6 is 0 Å². The van der Waals surface area contributed by atoms with Crippen LogP contribution in [0.3, 0.4) is 0 Å². The Bertz CT molecular complexity index is 1270. The Hall–Kier alpha value is -2.64. The number of aromatic nitrogens is 1. The average molecular weight is 480 g/mol. The molecule has 1 amide bonds. The molecule has 0 radical (unpaired) electrons. The van der Waals surface area contributed by atoms with Crippen LogP contribution in [0.15, 0.2) is 54.6 Å². The van der Waals surface area contributed by atoms with E-state index in [1.54, 1.807) is 0 Å². The van der Waals surface area contributed by atoms with E-state index in [2.05, 4.69) is 76.3 Å². The lowest BCUT2D eigenvalue weighted by molar-refractivity contribution is -0.127. The lowest BCUT2D eigenvalue weighted by Gasteiger charge is -2.32. The van der Waals surface area contributed by atoms with E-state index in [1.807, 2.05) is 0 Å². The molecule has 34 heavy (non-hydrogen) atoms. The minimum absolute atomic E-state index is 0.0234. The molecule has 3 aromatic rings. The number of likely N-dealkylation sites (tertiary alicyclic amines) is 1. The lowest BCUT2D eigenvalue weighted by atomic mass is 9.95. The highest BCUT2D eigenvalue weighted by Crippen LogP contribution is 2.25. The molecule has 1 N–H and O–H groups in total. The van der Waals surface area contributed by atoms with E-state index in [0.29, 0.717) is 6.42 Å². The molecule has 0 spiro atoms. The molecule has 180 valence electrons. The second kappa shape index (κ2) is 9.55. The molecule has 3 heterocycles. The molecule has 0 bridgehead atoms. The molecule has 0 aliphatic carbocycles. The largest absolute Gasteiger partial charge is 0.352 e. The van der Waals surface area contributed by atoms with Gasteiger partial charge in [-0.15, -0.1) is 0 Å². The second-order valence-corrected chi connectivity index (χ2v) is 12.2. The average Bonchev–Trinajstić information content (AvgIpc) is 3.34. The number of piperidine rings is 1. The fourth-order valence-corrected chi connectivity index (χ4v) is 6.94. The van der Waals surface area contributed by atoms with Crippen LogP contribution < -0.4 is 5.32 Å². The number of carbonyl (C=O) groups is 1. The van der Waals surface area contributed by atoms with Crippen LogP contribution in [0.25, 0.3) is 10.9 Å². The third-order valence-corrected chi connectivity index (χ3v) is 9.05. The molecule has 2 saturated heterocycles. The van der Waals surface area contributed by atoms with E-state index in [1.165, 1.54) is 27.7 Å². The maximum Gasteiger partial charge on any atom is 0.223 e. The fourth-order valence-electron chi connectivity index (χ4n) is 5.27. The Morgan fingerprint density at radius 2 is 1.74 bits per heavy atom. The summed E-state index contributed by atoms with van der Waals surface area (Å²) >= 11 is 0. The van der Waals surface area contributed by atoms with E-state index in [9.17, 15) is 13.2 Å². The third kappa shape index (κ3) is 5.20. The number of rotatable bonds is 6. The van der Waals surface area contributed by atoms with Crippen molar-refractivity contribution in [1.82, 2.24) is 14.8 Å². The first-order chi connectivity index (χ1) is 16.4. The zero-order valence-electron chi connectivity index (χ0n) is 19.7. The summed E-state index contributed by atoms with van der Waals surface area (Å²) in [5, 5.41) is 4.24. The highest BCUT2D eigenvalue weighted by Gasteiger charge is 2.32. The van der Waals surface area contributed by atoms with Gasteiger partial charge in [-0.3, -0.25) is 9.69 Å². The van der Waals surface area contributed by atoms with Crippen molar-refractivity contribution in [2.24, 2.45) is 5.92 Å². The number of sulfone groups is 1. The normalized spacial score (nSPS) is 21.1. The van der Waals surface area contributed by atoms with Gasteiger partial charge >= 0.3 is 0 Å². The number of hydrogen-bond donors (Lipinski definition) is 1. The summed E-state index contributed by atoms with van der Waals surface area (Å²) < 4.78 is 25.8. The van der Waals surface area contributed by atoms with Gasteiger partial charge in [0.2, 0.25) is 5.91 Å². The van der Waals surface area contributed by atoms with Gasteiger partial charge in [0.15, 0.2) is 9.84 Å². The van der Waals surface area contributed by atoms with Gasteiger partial charge in [-0.05, 0) is 62.4 Å². The molecule has 2 aromatic carbocycles. The van der Waals surface area contributed by atoms with Gasteiger partial charge in [-0.2, -0.15) is 0 Å². The predicted octanol–water partition coefficient (Wildman–Crippen LogP) is 3.51. The van der Waals surface area contributed by atoms with Crippen molar-refractivity contribution >= 4 is 26.6 Å². The molecule has 0 unspecified atom stereocenters. The molecule has 1 aromatic heterocycles. The molecule has 2 aliphatic rings. The van der Waals surface area contributed by atoms with Gasteiger partial charge in [0, 0.05) is 36.3 Å². The number of nitrogens with zero attached hydrogens (tertiary/aromatic N) is 2. The first-order valence-electron chi connectivity index (χ1n) is 12.2. The smallest absolute Gasteiger partial charge is 0.223 e. The maximum absolute atomic E-state index is 12.7. The topological polar surface area (TPSA) is 71.4 Å². The number of para-hydroxylation sites is 1. The standard InChI is InChI=1S/C27H33N3O3S/c1-20-6-8-21(9-7-20)17-30-25(16-23-4-2-3-5-26(23)30)18-29-13-10-22(11-14-29)27(31)28-24-12-15-34(32,33)19-24/h2-9,16,22,24H,10-15,17-19H2,1H3,(H,28,31)/t24-/m0/s1. The Kier molecular flexibility index (Phi) is 6.49. The number of aryl methyl sites for hydroxylation is 1. The van der Waals surface area contributed by atoms with E-state index < -0.39 is 9.84 Å². The fraction of sp³-hybridized carbons (Fsp3) is 0.444. The van der Waals surface area contributed by atoms with E-state index in [4.69, 9.17) is 0 Å². The first-order valence-corrected chi connectivity index (χ1v) is 14.0. The first kappa shape index (κ1) is 23.1. The number of amides is 1. The van der Waals surface area contributed by atoms with Crippen molar-refractivity contribution in [3.8, 4) is 0 Å². The molecule has 0 saturated carbocycles. The number of nitrogens with one attached hydrogen (secondary N) is 1. The quantitative estimate of drug-likeness (QED) is 0.587. The van der Waals surface area contributed by atoms with Crippen molar-refractivity contribution < 1.29 is 13.2 Å². The number of hydrogen-bond acceptors (Lipinski definition) is 4. The number of fused-ring (bicyclic) bond motifs is 1. The summed E-state index contributed by atoms with van der Waals surface area (Å²) in [5.74, 6) is 0.268. The van der Waals surface area contributed by atoms with E-state index in [0.717, 1.165) is 39.0 Å². The Balaban J connectivity index is 1.24. The molecule has 2 fully saturated rings. The molecule has 5 rings (SSSR count). The van der Waals surface area contributed by atoms with Gasteiger partial charge in [-0.1, -0.05) is 48.0 Å². The number of benzene rings is 2.